The molecule has 7 heteroatoms. The predicted molar refractivity (Wildman–Crippen MR) is 85.5 cm³/mol. The molecule has 1 amide bonds. The van der Waals surface area contributed by atoms with E-state index in [-0.39, 0.29) is 24.0 Å². The SMILES string of the molecule is CC(C)c1ccc(OCC(=O)Nc2ccc([N+](=O)[O-])cn2)cc1. The van der Waals surface area contributed by atoms with Crippen molar-refractivity contribution in [3.63, 3.8) is 0 Å². The Hall–Kier alpha value is -2.96. The topological polar surface area (TPSA) is 94.4 Å². The fraction of sp³-hybridized carbons (Fsp3) is 0.250. The van der Waals surface area contributed by atoms with E-state index in [4.69, 9.17) is 4.74 Å². The highest BCUT2D eigenvalue weighted by molar-refractivity contribution is 5.90. The standard InChI is InChI=1S/C16H17N3O4/c1-11(2)12-3-6-14(7-4-12)23-10-16(20)18-15-8-5-13(9-17-15)19(21)22/h3-9,11H,10H2,1-2H3,(H,17,18,20). The Morgan fingerprint density at radius 2 is 1.96 bits per heavy atom. The molecule has 0 fully saturated rings. The Balaban J connectivity index is 1.86. The number of hydrogen-bond acceptors (Lipinski definition) is 5. The van der Waals surface area contributed by atoms with Gasteiger partial charge in [-0.2, -0.15) is 0 Å². The molecule has 0 aliphatic carbocycles. The summed E-state index contributed by atoms with van der Waals surface area (Å²) in [5.41, 5.74) is 1.06. The van der Waals surface area contributed by atoms with Crippen LogP contribution in [0.25, 0.3) is 0 Å². The van der Waals surface area contributed by atoms with Crippen molar-refractivity contribution in [3.8, 4) is 5.75 Å². The van der Waals surface area contributed by atoms with E-state index < -0.39 is 4.92 Å². The average Bonchev–Trinajstić information content (AvgIpc) is 2.54. The van der Waals surface area contributed by atoms with Gasteiger partial charge in [-0.1, -0.05) is 26.0 Å². The van der Waals surface area contributed by atoms with E-state index in [0.717, 1.165) is 6.20 Å². The molecule has 0 aliphatic rings. The number of pyridine rings is 1. The fourth-order valence-electron chi connectivity index (χ4n) is 1.84. The van der Waals surface area contributed by atoms with Crippen LogP contribution in [0.2, 0.25) is 0 Å². The Bertz CT molecular complexity index is 681. The van der Waals surface area contributed by atoms with Crippen LogP contribution in [0, 0.1) is 10.1 Å². The number of nitrogens with zero attached hydrogens (tertiary/aromatic N) is 2. The molecule has 0 bridgehead atoms. The third-order valence-corrected chi connectivity index (χ3v) is 3.14. The summed E-state index contributed by atoms with van der Waals surface area (Å²) in [5.74, 6) is 0.875. The number of aromatic nitrogens is 1. The summed E-state index contributed by atoms with van der Waals surface area (Å²) in [4.78, 5) is 25.5. The number of nitrogens with one attached hydrogen (secondary N) is 1. The van der Waals surface area contributed by atoms with Gasteiger partial charge < -0.3 is 10.1 Å². The van der Waals surface area contributed by atoms with Gasteiger partial charge in [-0.15, -0.1) is 0 Å². The first-order valence-electron chi connectivity index (χ1n) is 7.09. The largest absolute Gasteiger partial charge is 0.484 e. The van der Waals surface area contributed by atoms with Gasteiger partial charge in [0, 0.05) is 6.07 Å². The summed E-state index contributed by atoms with van der Waals surface area (Å²) < 4.78 is 5.39. The number of benzene rings is 1. The lowest BCUT2D eigenvalue weighted by molar-refractivity contribution is -0.385. The van der Waals surface area contributed by atoms with Gasteiger partial charge in [0.2, 0.25) is 0 Å². The Labute approximate surface area is 133 Å². The molecule has 0 radical (unpaired) electrons. The van der Waals surface area contributed by atoms with Crippen LogP contribution in [-0.4, -0.2) is 22.4 Å². The number of ether oxygens (including phenoxy) is 1. The lowest BCUT2D eigenvalue weighted by Crippen LogP contribution is -2.20. The lowest BCUT2D eigenvalue weighted by Gasteiger charge is -2.09. The molecule has 2 aromatic rings. The summed E-state index contributed by atoms with van der Waals surface area (Å²) in [6.45, 7) is 4.03. The molecule has 2 rings (SSSR count). The van der Waals surface area contributed by atoms with E-state index >= 15 is 0 Å². The quantitative estimate of drug-likeness (QED) is 0.653. The highest BCUT2D eigenvalue weighted by atomic mass is 16.6. The molecule has 1 aromatic heterocycles. The molecule has 120 valence electrons. The molecule has 1 N–H and O–H groups in total. The maximum absolute atomic E-state index is 11.8. The van der Waals surface area contributed by atoms with Gasteiger partial charge in [-0.25, -0.2) is 4.98 Å². The summed E-state index contributed by atoms with van der Waals surface area (Å²) in [6.07, 6.45) is 1.08. The molecule has 0 atom stereocenters. The molecular formula is C16H17N3O4. The smallest absolute Gasteiger partial charge is 0.287 e. The number of carbonyl (C=O) groups is 1. The van der Waals surface area contributed by atoms with E-state index in [0.29, 0.717) is 11.7 Å². The molecule has 23 heavy (non-hydrogen) atoms. The number of rotatable bonds is 6. The summed E-state index contributed by atoms with van der Waals surface area (Å²) in [5, 5.41) is 13.0. The Morgan fingerprint density at radius 3 is 2.48 bits per heavy atom. The first-order chi connectivity index (χ1) is 11.0. The van der Waals surface area contributed by atoms with Crippen molar-refractivity contribution in [2.45, 2.75) is 19.8 Å². The van der Waals surface area contributed by atoms with Gasteiger partial charge in [0.25, 0.3) is 11.6 Å². The van der Waals surface area contributed by atoms with Gasteiger partial charge in [0.15, 0.2) is 6.61 Å². The second-order valence-electron chi connectivity index (χ2n) is 5.22. The van der Waals surface area contributed by atoms with Gasteiger partial charge in [-0.3, -0.25) is 14.9 Å². The van der Waals surface area contributed by atoms with Crippen molar-refractivity contribution in [3.05, 3.63) is 58.3 Å². The van der Waals surface area contributed by atoms with Crippen LogP contribution in [0.1, 0.15) is 25.3 Å². The van der Waals surface area contributed by atoms with E-state index in [1.165, 1.54) is 17.7 Å². The molecule has 0 saturated carbocycles. The van der Waals surface area contributed by atoms with E-state index in [9.17, 15) is 14.9 Å². The van der Waals surface area contributed by atoms with E-state index in [2.05, 4.69) is 24.1 Å². The minimum absolute atomic E-state index is 0.135. The number of anilines is 1. The average molecular weight is 315 g/mol. The second-order valence-corrected chi connectivity index (χ2v) is 5.22. The van der Waals surface area contributed by atoms with Crippen LogP contribution in [0.4, 0.5) is 11.5 Å². The molecule has 7 nitrogen and oxygen atoms in total. The zero-order chi connectivity index (χ0) is 16.8. The predicted octanol–water partition coefficient (Wildman–Crippen LogP) is 3.13. The van der Waals surface area contributed by atoms with Crippen LogP contribution in [0.5, 0.6) is 5.75 Å². The third kappa shape index (κ3) is 4.77. The maximum atomic E-state index is 11.8. The molecule has 1 aromatic carbocycles. The van der Waals surface area contributed by atoms with Crippen molar-refractivity contribution >= 4 is 17.4 Å². The second kappa shape index (κ2) is 7.35. The van der Waals surface area contributed by atoms with Crippen LogP contribution in [0.3, 0.4) is 0 Å². The first-order valence-corrected chi connectivity index (χ1v) is 7.09. The summed E-state index contributed by atoms with van der Waals surface area (Å²) in [6, 6.07) is 10.2. The third-order valence-electron chi connectivity index (χ3n) is 3.14. The monoisotopic (exact) mass is 315 g/mol. The minimum Gasteiger partial charge on any atom is -0.484 e. The number of nitro groups is 1. The molecule has 0 spiro atoms. The highest BCUT2D eigenvalue weighted by Gasteiger charge is 2.08. The normalized spacial score (nSPS) is 10.4. The zero-order valence-electron chi connectivity index (χ0n) is 12.9. The molecule has 1 heterocycles. The molecule has 0 saturated heterocycles. The van der Waals surface area contributed by atoms with Crippen molar-refractivity contribution in [1.82, 2.24) is 4.98 Å². The molecule has 0 aliphatic heterocycles. The van der Waals surface area contributed by atoms with Crippen LogP contribution >= 0.6 is 0 Å². The molecule has 0 unspecified atom stereocenters. The van der Waals surface area contributed by atoms with Gasteiger partial charge in [0.1, 0.15) is 17.8 Å². The zero-order valence-corrected chi connectivity index (χ0v) is 12.9. The Kier molecular flexibility index (Phi) is 5.24. The first kappa shape index (κ1) is 16.4. The number of hydrogen-bond donors (Lipinski definition) is 1. The van der Waals surface area contributed by atoms with Gasteiger partial charge in [0.05, 0.1) is 4.92 Å². The van der Waals surface area contributed by atoms with E-state index in [1.807, 2.05) is 24.3 Å². The fourth-order valence-corrected chi connectivity index (χ4v) is 1.84. The highest BCUT2D eigenvalue weighted by Crippen LogP contribution is 2.18. The Morgan fingerprint density at radius 1 is 1.26 bits per heavy atom. The summed E-state index contributed by atoms with van der Waals surface area (Å²) >= 11 is 0. The minimum atomic E-state index is -0.553. The number of amides is 1. The van der Waals surface area contributed by atoms with Crippen molar-refractivity contribution in [2.24, 2.45) is 0 Å². The molecular weight excluding hydrogens is 298 g/mol. The maximum Gasteiger partial charge on any atom is 0.287 e. The van der Waals surface area contributed by atoms with Crippen molar-refractivity contribution in [1.29, 1.82) is 0 Å². The van der Waals surface area contributed by atoms with Gasteiger partial charge in [-0.05, 0) is 29.7 Å². The van der Waals surface area contributed by atoms with E-state index in [1.54, 1.807) is 0 Å². The number of carbonyl (C=O) groups excluding carboxylic acids is 1. The van der Waals surface area contributed by atoms with Crippen molar-refractivity contribution < 1.29 is 14.5 Å². The lowest BCUT2D eigenvalue weighted by atomic mass is 10.0. The van der Waals surface area contributed by atoms with Gasteiger partial charge >= 0.3 is 0 Å². The van der Waals surface area contributed by atoms with Crippen LogP contribution < -0.4 is 10.1 Å². The van der Waals surface area contributed by atoms with Crippen molar-refractivity contribution in [2.75, 3.05) is 11.9 Å². The van der Waals surface area contributed by atoms with Crippen LogP contribution in [-0.2, 0) is 4.79 Å². The van der Waals surface area contributed by atoms with Crippen LogP contribution in [0.15, 0.2) is 42.6 Å². The summed E-state index contributed by atoms with van der Waals surface area (Å²) in [7, 11) is 0.